The number of nitrogens with zero attached hydrogens (tertiary/aromatic N) is 1. The first kappa shape index (κ1) is 12.4. The number of anilines is 1. The van der Waals surface area contributed by atoms with Gasteiger partial charge >= 0.3 is 0 Å². The Bertz CT molecular complexity index is 428. The van der Waals surface area contributed by atoms with Gasteiger partial charge in [-0.2, -0.15) is 0 Å². The first-order valence-electron chi connectivity index (χ1n) is 6.48. The Morgan fingerprint density at radius 1 is 1.11 bits per heavy atom. The highest BCUT2D eigenvalue weighted by Gasteiger charge is 2.37. The number of rotatable bonds is 2. The molecular formula is C14H16BrF2N. The third-order valence-electron chi connectivity index (χ3n) is 4.27. The van der Waals surface area contributed by atoms with Gasteiger partial charge in [0, 0.05) is 18.4 Å². The predicted molar refractivity (Wildman–Crippen MR) is 72.0 cm³/mol. The van der Waals surface area contributed by atoms with Crippen LogP contribution in [0.4, 0.5) is 14.5 Å². The summed E-state index contributed by atoms with van der Waals surface area (Å²) < 4.78 is 28.0. The zero-order valence-electron chi connectivity index (χ0n) is 10.1. The molecule has 2 fully saturated rings. The molecule has 0 spiro atoms. The number of halogens is 3. The molecule has 3 rings (SSSR count). The van der Waals surface area contributed by atoms with Gasteiger partial charge in [0.05, 0.1) is 0 Å². The average Bonchev–Trinajstić information content (AvgIpc) is 2.88. The van der Waals surface area contributed by atoms with Crippen molar-refractivity contribution in [3.8, 4) is 0 Å². The van der Waals surface area contributed by atoms with Gasteiger partial charge in [-0.05, 0) is 42.4 Å². The number of alkyl halides is 1. The van der Waals surface area contributed by atoms with Crippen LogP contribution >= 0.6 is 15.9 Å². The molecule has 2 aliphatic rings. The fraction of sp³-hybridized carbons (Fsp3) is 0.571. The van der Waals surface area contributed by atoms with E-state index >= 15 is 0 Å². The van der Waals surface area contributed by atoms with Gasteiger partial charge in [0.1, 0.15) is 17.3 Å². The van der Waals surface area contributed by atoms with Crippen molar-refractivity contribution < 1.29 is 8.78 Å². The molecule has 0 aromatic heterocycles. The lowest BCUT2D eigenvalue weighted by molar-refractivity contribution is 0.494. The zero-order chi connectivity index (χ0) is 12.7. The van der Waals surface area contributed by atoms with Crippen molar-refractivity contribution in [2.75, 3.05) is 18.0 Å². The molecule has 2 unspecified atom stereocenters. The summed E-state index contributed by atoms with van der Waals surface area (Å²) in [4.78, 5) is 1.90. The molecule has 0 bridgehead atoms. The van der Waals surface area contributed by atoms with Crippen LogP contribution in [0, 0.1) is 23.5 Å². The van der Waals surface area contributed by atoms with Gasteiger partial charge in [0.15, 0.2) is 0 Å². The summed E-state index contributed by atoms with van der Waals surface area (Å²) in [5, 5.41) is 0.479. The van der Waals surface area contributed by atoms with E-state index < -0.39 is 11.6 Å². The van der Waals surface area contributed by atoms with E-state index in [0.29, 0.717) is 22.7 Å². The van der Waals surface area contributed by atoms with Crippen molar-refractivity contribution >= 4 is 21.6 Å². The smallest absolute Gasteiger partial charge is 0.149 e. The molecule has 1 nitrogen and oxygen atoms in total. The molecule has 4 heteroatoms. The molecule has 0 N–H and O–H groups in total. The standard InChI is InChI=1S/C14H16BrF2N/c15-6-9-4-12(16)14(13(17)5-9)18-7-10-2-1-3-11(10)8-18/h4-5,10-11H,1-3,6-8H2. The van der Waals surface area contributed by atoms with E-state index in [1.54, 1.807) is 0 Å². The van der Waals surface area contributed by atoms with Gasteiger partial charge in [-0.3, -0.25) is 0 Å². The van der Waals surface area contributed by atoms with Crippen LogP contribution in [0.3, 0.4) is 0 Å². The van der Waals surface area contributed by atoms with Gasteiger partial charge in [-0.25, -0.2) is 8.78 Å². The van der Waals surface area contributed by atoms with Crippen molar-refractivity contribution in [2.24, 2.45) is 11.8 Å². The van der Waals surface area contributed by atoms with E-state index in [1.807, 2.05) is 4.90 Å². The minimum Gasteiger partial charge on any atom is -0.366 e. The third-order valence-corrected chi connectivity index (χ3v) is 4.92. The van der Waals surface area contributed by atoms with Crippen LogP contribution in [-0.4, -0.2) is 13.1 Å². The first-order valence-corrected chi connectivity index (χ1v) is 7.60. The van der Waals surface area contributed by atoms with Crippen molar-refractivity contribution in [2.45, 2.75) is 24.6 Å². The van der Waals surface area contributed by atoms with Crippen LogP contribution < -0.4 is 4.90 Å². The molecular weight excluding hydrogens is 300 g/mol. The van der Waals surface area contributed by atoms with Crippen LogP contribution in [0.25, 0.3) is 0 Å². The van der Waals surface area contributed by atoms with Gasteiger partial charge in [0.25, 0.3) is 0 Å². The van der Waals surface area contributed by atoms with Gasteiger partial charge in [-0.1, -0.05) is 22.4 Å². The van der Waals surface area contributed by atoms with E-state index in [1.165, 1.54) is 31.4 Å². The highest BCUT2D eigenvalue weighted by molar-refractivity contribution is 9.08. The normalized spacial score (nSPS) is 26.7. The van der Waals surface area contributed by atoms with Crippen LogP contribution in [0.5, 0.6) is 0 Å². The summed E-state index contributed by atoms with van der Waals surface area (Å²) in [6.45, 7) is 1.62. The fourth-order valence-corrected chi connectivity index (χ4v) is 3.74. The predicted octanol–water partition coefficient (Wildman–Crippen LogP) is 4.10. The SMILES string of the molecule is Fc1cc(CBr)cc(F)c1N1CC2CCCC2C1. The molecule has 1 saturated heterocycles. The lowest BCUT2D eigenvalue weighted by atomic mass is 10.0. The minimum absolute atomic E-state index is 0.175. The average molecular weight is 316 g/mol. The third kappa shape index (κ3) is 2.04. The van der Waals surface area contributed by atoms with E-state index in [0.717, 1.165) is 13.1 Å². The first-order chi connectivity index (χ1) is 8.69. The van der Waals surface area contributed by atoms with Crippen LogP contribution in [0.15, 0.2) is 12.1 Å². The topological polar surface area (TPSA) is 3.24 Å². The summed E-state index contributed by atoms with van der Waals surface area (Å²) >= 11 is 3.23. The maximum absolute atomic E-state index is 14.0. The summed E-state index contributed by atoms with van der Waals surface area (Å²) in [6.07, 6.45) is 3.70. The molecule has 1 aliphatic heterocycles. The van der Waals surface area contributed by atoms with Crippen LogP contribution in [0.2, 0.25) is 0 Å². The van der Waals surface area contributed by atoms with Crippen molar-refractivity contribution in [1.29, 1.82) is 0 Å². The Labute approximate surface area is 114 Å². The Kier molecular flexibility index (Phi) is 3.31. The molecule has 0 radical (unpaired) electrons. The highest BCUT2D eigenvalue weighted by atomic mass is 79.9. The zero-order valence-corrected chi connectivity index (χ0v) is 11.7. The van der Waals surface area contributed by atoms with Gasteiger partial charge in [0.2, 0.25) is 0 Å². The minimum atomic E-state index is -0.426. The lowest BCUT2D eigenvalue weighted by Crippen LogP contribution is -2.23. The Morgan fingerprint density at radius 3 is 2.17 bits per heavy atom. The van der Waals surface area contributed by atoms with E-state index in [-0.39, 0.29) is 5.69 Å². The quantitative estimate of drug-likeness (QED) is 0.743. The summed E-state index contributed by atoms with van der Waals surface area (Å²) in [5.74, 6) is 0.424. The molecule has 1 aliphatic carbocycles. The number of hydrogen-bond donors (Lipinski definition) is 0. The van der Waals surface area contributed by atoms with Crippen LogP contribution in [-0.2, 0) is 5.33 Å². The molecule has 1 aromatic carbocycles. The Morgan fingerprint density at radius 2 is 1.67 bits per heavy atom. The van der Waals surface area contributed by atoms with Crippen molar-refractivity contribution in [3.63, 3.8) is 0 Å². The number of hydrogen-bond acceptors (Lipinski definition) is 1. The Hall–Kier alpha value is -0.640. The highest BCUT2D eigenvalue weighted by Crippen LogP contribution is 2.41. The Balaban J connectivity index is 1.89. The second-order valence-corrected chi connectivity index (χ2v) is 5.96. The lowest BCUT2D eigenvalue weighted by Gasteiger charge is -2.21. The molecule has 0 amide bonds. The maximum atomic E-state index is 14.0. The molecule has 1 heterocycles. The van der Waals surface area contributed by atoms with Crippen molar-refractivity contribution in [3.05, 3.63) is 29.3 Å². The van der Waals surface area contributed by atoms with Gasteiger partial charge in [-0.15, -0.1) is 0 Å². The monoisotopic (exact) mass is 315 g/mol. The largest absolute Gasteiger partial charge is 0.366 e. The van der Waals surface area contributed by atoms with E-state index in [9.17, 15) is 8.78 Å². The summed E-state index contributed by atoms with van der Waals surface area (Å²) in [6, 6.07) is 2.86. The maximum Gasteiger partial charge on any atom is 0.149 e. The fourth-order valence-electron chi connectivity index (χ4n) is 3.41. The van der Waals surface area contributed by atoms with E-state index in [4.69, 9.17) is 0 Å². The summed E-state index contributed by atoms with van der Waals surface area (Å²) in [5.41, 5.74) is 0.822. The molecule has 2 atom stereocenters. The number of benzene rings is 1. The molecule has 18 heavy (non-hydrogen) atoms. The van der Waals surface area contributed by atoms with Crippen LogP contribution in [0.1, 0.15) is 24.8 Å². The van der Waals surface area contributed by atoms with E-state index in [2.05, 4.69) is 15.9 Å². The second-order valence-electron chi connectivity index (χ2n) is 5.40. The number of fused-ring (bicyclic) bond motifs is 1. The van der Waals surface area contributed by atoms with Gasteiger partial charge < -0.3 is 4.90 Å². The molecule has 1 aromatic rings. The second kappa shape index (κ2) is 4.80. The molecule has 98 valence electrons. The summed E-state index contributed by atoms with van der Waals surface area (Å²) in [7, 11) is 0. The molecule has 1 saturated carbocycles. The van der Waals surface area contributed by atoms with Crippen molar-refractivity contribution in [1.82, 2.24) is 0 Å².